The Labute approximate surface area is 313 Å². The van der Waals surface area contributed by atoms with Gasteiger partial charge < -0.3 is 24.2 Å². The summed E-state index contributed by atoms with van der Waals surface area (Å²) in [6.45, 7) is 19.0. The SMILES string of the molecule is CCOc1cc(C(C)(C)C)ccc1C1=N[C@@](C)(c2ccc(Cl)cc2)[C@@](C)(c2ccc(Cl)cc2)N1C(=O)N1CCN(C)CC1.O=CN1CCOCC1. The van der Waals surface area contributed by atoms with E-state index in [1.54, 1.807) is 4.90 Å². The minimum atomic E-state index is -0.923. The van der Waals surface area contributed by atoms with Crippen LogP contribution in [0.1, 0.15) is 63.8 Å². The highest BCUT2D eigenvalue weighted by atomic mass is 35.5. The first-order valence-electron chi connectivity index (χ1n) is 17.7. The van der Waals surface area contributed by atoms with E-state index in [0.717, 1.165) is 54.8 Å². The minimum absolute atomic E-state index is 0.0765. The number of aliphatic imine (C=N–C) groups is 1. The normalized spacial score (nSPS) is 22.6. The number of ether oxygens (including phenoxy) is 2. The van der Waals surface area contributed by atoms with E-state index in [2.05, 4.69) is 64.8 Å². The van der Waals surface area contributed by atoms with Crippen molar-refractivity contribution in [3.05, 3.63) is 99.0 Å². The van der Waals surface area contributed by atoms with Crippen molar-refractivity contribution in [2.24, 2.45) is 4.99 Å². The van der Waals surface area contributed by atoms with Gasteiger partial charge in [-0.1, -0.05) is 74.3 Å². The average Bonchev–Trinajstić information content (AvgIpc) is 3.36. The van der Waals surface area contributed by atoms with Crippen molar-refractivity contribution in [2.45, 2.75) is 58.0 Å². The third-order valence-electron chi connectivity index (χ3n) is 10.3. The Kier molecular flexibility index (Phi) is 12.1. The molecule has 3 aromatic carbocycles. The zero-order chi connectivity index (χ0) is 37.0. The molecule has 3 heterocycles. The van der Waals surface area contributed by atoms with Crippen LogP contribution in [0, 0.1) is 0 Å². The molecule has 2 fully saturated rings. The van der Waals surface area contributed by atoms with Gasteiger partial charge in [-0.3, -0.25) is 14.7 Å². The molecule has 0 spiro atoms. The predicted molar refractivity (Wildman–Crippen MR) is 205 cm³/mol. The van der Waals surface area contributed by atoms with Gasteiger partial charge in [-0.05, 0) is 86.3 Å². The first kappa shape index (κ1) is 38.6. The summed E-state index contributed by atoms with van der Waals surface area (Å²) in [4.78, 5) is 38.2. The molecule has 0 N–H and O–H groups in total. The zero-order valence-corrected chi connectivity index (χ0v) is 32.4. The largest absolute Gasteiger partial charge is 0.493 e. The number of morpholine rings is 1. The van der Waals surface area contributed by atoms with Crippen LogP contribution in [0.3, 0.4) is 0 Å². The molecule has 0 saturated carbocycles. The fraction of sp³-hybridized carbons (Fsp3) is 0.475. The van der Waals surface area contributed by atoms with Crippen LogP contribution >= 0.6 is 23.2 Å². The Morgan fingerprint density at radius 1 is 0.882 bits per heavy atom. The highest BCUT2D eigenvalue weighted by Gasteiger charge is 2.60. The molecule has 0 aromatic heterocycles. The van der Waals surface area contributed by atoms with Crippen molar-refractivity contribution in [3.63, 3.8) is 0 Å². The number of carbonyl (C=O) groups excluding carboxylic acids is 2. The van der Waals surface area contributed by atoms with Gasteiger partial charge in [0.15, 0.2) is 0 Å². The summed E-state index contributed by atoms with van der Waals surface area (Å²) in [5, 5.41) is 1.28. The summed E-state index contributed by atoms with van der Waals surface area (Å²) in [5.74, 6) is 1.30. The molecule has 2 atom stereocenters. The number of urea groups is 1. The van der Waals surface area contributed by atoms with Crippen LogP contribution in [0.15, 0.2) is 71.7 Å². The minimum Gasteiger partial charge on any atom is -0.493 e. The van der Waals surface area contributed by atoms with Crippen LogP contribution in [-0.4, -0.2) is 104 Å². The lowest BCUT2D eigenvalue weighted by Crippen LogP contribution is -2.60. The molecule has 3 aliphatic heterocycles. The first-order chi connectivity index (χ1) is 24.2. The van der Waals surface area contributed by atoms with Crippen molar-refractivity contribution in [1.82, 2.24) is 19.6 Å². The summed E-state index contributed by atoms with van der Waals surface area (Å²) >= 11 is 12.7. The Hall–Kier alpha value is -3.63. The molecular weight excluding hydrogens is 685 g/mol. The number of halogens is 2. The lowest BCUT2D eigenvalue weighted by Gasteiger charge is -2.47. The molecule has 0 bridgehead atoms. The van der Waals surface area contributed by atoms with Gasteiger partial charge in [0, 0.05) is 49.3 Å². The van der Waals surface area contributed by atoms with Gasteiger partial charge in [-0.2, -0.15) is 0 Å². The fourth-order valence-electron chi connectivity index (χ4n) is 6.84. The molecule has 0 unspecified atom stereocenters. The first-order valence-corrected chi connectivity index (χ1v) is 18.4. The fourth-order valence-corrected chi connectivity index (χ4v) is 7.09. The summed E-state index contributed by atoms with van der Waals surface area (Å²) < 4.78 is 11.3. The van der Waals surface area contributed by atoms with Crippen molar-refractivity contribution in [2.75, 3.05) is 66.1 Å². The van der Waals surface area contributed by atoms with Crippen molar-refractivity contribution in [1.29, 1.82) is 0 Å². The predicted octanol–water partition coefficient (Wildman–Crippen LogP) is 7.43. The number of hydrogen-bond acceptors (Lipinski definition) is 6. The molecular formula is C40H51Cl2N5O4. The number of rotatable bonds is 6. The monoisotopic (exact) mass is 735 g/mol. The number of amides is 3. The summed E-state index contributed by atoms with van der Waals surface area (Å²) in [5.41, 5.74) is 1.94. The van der Waals surface area contributed by atoms with E-state index in [4.69, 9.17) is 37.7 Å². The van der Waals surface area contributed by atoms with Gasteiger partial charge in [0.05, 0.1) is 25.4 Å². The summed E-state index contributed by atoms with van der Waals surface area (Å²) in [7, 11) is 2.09. The summed E-state index contributed by atoms with van der Waals surface area (Å²) in [6.07, 6.45) is 0.864. The third kappa shape index (κ3) is 8.07. The van der Waals surface area contributed by atoms with E-state index in [0.29, 0.717) is 54.5 Å². The van der Waals surface area contributed by atoms with Gasteiger partial charge in [0.1, 0.15) is 22.7 Å². The maximum absolute atomic E-state index is 14.9. The van der Waals surface area contributed by atoms with E-state index in [1.165, 1.54) is 0 Å². The molecule has 0 aliphatic carbocycles. The van der Waals surface area contributed by atoms with Crippen LogP contribution in [-0.2, 0) is 26.0 Å². The number of hydrogen-bond donors (Lipinski definition) is 0. The molecule has 51 heavy (non-hydrogen) atoms. The number of benzene rings is 3. The van der Waals surface area contributed by atoms with E-state index in [-0.39, 0.29) is 11.4 Å². The Morgan fingerprint density at radius 3 is 1.96 bits per heavy atom. The molecule has 9 nitrogen and oxygen atoms in total. The number of nitrogens with zero attached hydrogens (tertiary/aromatic N) is 5. The highest BCUT2D eigenvalue weighted by molar-refractivity contribution is 6.30. The summed E-state index contributed by atoms with van der Waals surface area (Å²) in [6, 6.07) is 21.7. The highest BCUT2D eigenvalue weighted by Crippen LogP contribution is 2.54. The molecule has 2 saturated heterocycles. The Morgan fingerprint density at radius 2 is 1.45 bits per heavy atom. The van der Waals surface area contributed by atoms with Crippen LogP contribution < -0.4 is 4.74 Å². The topological polar surface area (TPSA) is 77.9 Å². The maximum Gasteiger partial charge on any atom is 0.326 e. The molecule has 3 aromatic rings. The van der Waals surface area contributed by atoms with Crippen molar-refractivity contribution in [3.8, 4) is 5.75 Å². The number of piperazine rings is 1. The van der Waals surface area contributed by atoms with Crippen molar-refractivity contribution < 1.29 is 19.1 Å². The lowest BCUT2D eigenvalue weighted by molar-refractivity contribution is -0.121. The van der Waals surface area contributed by atoms with E-state index >= 15 is 0 Å². The molecule has 11 heteroatoms. The van der Waals surface area contributed by atoms with Gasteiger partial charge in [0.25, 0.3) is 0 Å². The van der Waals surface area contributed by atoms with Crippen LogP contribution in [0.5, 0.6) is 5.75 Å². The van der Waals surface area contributed by atoms with E-state index < -0.39 is 11.1 Å². The number of amidine groups is 1. The third-order valence-corrected chi connectivity index (χ3v) is 10.8. The van der Waals surface area contributed by atoms with Gasteiger partial charge >= 0.3 is 6.03 Å². The quantitative estimate of drug-likeness (QED) is 0.246. The molecule has 6 rings (SSSR count). The van der Waals surface area contributed by atoms with Crippen LogP contribution in [0.25, 0.3) is 0 Å². The molecule has 0 radical (unpaired) electrons. The second-order valence-corrected chi connectivity index (χ2v) is 15.5. The number of carbonyl (C=O) groups is 2. The molecule has 3 aliphatic rings. The van der Waals surface area contributed by atoms with Gasteiger partial charge in [-0.15, -0.1) is 0 Å². The second-order valence-electron chi connectivity index (χ2n) is 14.6. The maximum atomic E-state index is 14.9. The average molecular weight is 737 g/mol. The van der Waals surface area contributed by atoms with Crippen LogP contribution in [0.2, 0.25) is 10.0 Å². The van der Waals surface area contributed by atoms with E-state index in [1.807, 2.05) is 65.3 Å². The van der Waals surface area contributed by atoms with Crippen molar-refractivity contribution >= 4 is 41.5 Å². The zero-order valence-electron chi connectivity index (χ0n) is 30.9. The Balaban J connectivity index is 0.000000556. The standard InChI is InChI=1S/C35H42Cl2N4O2.C5H9NO2/c1-8-43-30-23-26(33(2,3)4)13-18-29(30)31-38-34(5,24-9-14-27(36)15-10-24)35(6,25-11-16-28(37)17-12-25)41(31)32(42)40-21-19-39(7)20-22-40;7-5-6-1-3-8-4-2-6/h9-18,23H,8,19-22H2,1-7H3;5H,1-4H2/t34-,35+;/m0./s1. The molecule has 3 amide bonds. The second kappa shape index (κ2) is 15.9. The lowest BCUT2D eigenvalue weighted by atomic mass is 9.71. The molecule has 274 valence electrons. The van der Waals surface area contributed by atoms with Gasteiger partial charge in [-0.25, -0.2) is 4.79 Å². The van der Waals surface area contributed by atoms with Gasteiger partial charge in [0.2, 0.25) is 6.41 Å². The van der Waals surface area contributed by atoms with E-state index in [9.17, 15) is 9.59 Å². The number of likely N-dealkylation sites (N-methyl/N-ethyl adjacent to an activating group) is 1. The van der Waals surface area contributed by atoms with Crippen LogP contribution in [0.4, 0.5) is 4.79 Å². The Bertz CT molecular complexity index is 1700. The smallest absolute Gasteiger partial charge is 0.326 e.